The number of halogens is 2. The van der Waals surface area contributed by atoms with Gasteiger partial charge in [0.1, 0.15) is 0 Å². The topological polar surface area (TPSA) is 24.1 Å². The maximum Gasteiger partial charge on any atom is 0.250 e. The number of hydrogen-bond acceptors (Lipinski definition) is 2. The van der Waals surface area contributed by atoms with Crippen molar-refractivity contribution in [1.29, 1.82) is 0 Å². The van der Waals surface area contributed by atoms with Gasteiger partial charge in [0.25, 0.3) is 6.43 Å². The zero-order valence-corrected chi connectivity index (χ0v) is 8.57. The van der Waals surface area contributed by atoms with Gasteiger partial charge in [-0.25, -0.2) is 8.78 Å². The van der Waals surface area contributed by atoms with Crippen molar-refractivity contribution in [2.24, 2.45) is 5.92 Å². The second-order valence-corrected chi connectivity index (χ2v) is 3.93. The third kappa shape index (κ3) is 5.50. The smallest absolute Gasteiger partial charge is 0.250 e. The molecule has 0 spiro atoms. The lowest BCUT2D eigenvalue weighted by molar-refractivity contribution is 0.145. The molecule has 1 rings (SSSR count). The molecule has 4 heteroatoms. The van der Waals surface area contributed by atoms with Crippen molar-refractivity contribution in [2.75, 3.05) is 26.2 Å². The van der Waals surface area contributed by atoms with Crippen LogP contribution in [0.1, 0.15) is 25.7 Å². The van der Waals surface area contributed by atoms with E-state index in [2.05, 4.69) is 10.6 Å². The Kier molecular flexibility index (Phi) is 6.03. The van der Waals surface area contributed by atoms with Gasteiger partial charge in [-0.15, -0.1) is 0 Å². The van der Waals surface area contributed by atoms with Crippen molar-refractivity contribution < 1.29 is 8.78 Å². The molecule has 0 radical (unpaired) electrons. The average molecular weight is 206 g/mol. The Hall–Kier alpha value is -0.220. The fourth-order valence-electron chi connectivity index (χ4n) is 1.90. The minimum absolute atomic E-state index is 0.160. The Morgan fingerprint density at radius 1 is 1.29 bits per heavy atom. The zero-order chi connectivity index (χ0) is 10.2. The minimum Gasteiger partial charge on any atom is -0.317 e. The van der Waals surface area contributed by atoms with Crippen LogP contribution in [0.15, 0.2) is 0 Å². The Bertz CT molecular complexity index is 136. The lowest BCUT2D eigenvalue weighted by Crippen LogP contribution is -2.28. The number of rotatable bonds is 6. The summed E-state index contributed by atoms with van der Waals surface area (Å²) in [5.41, 5.74) is 0. The zero-order valence-electron chi connectivity index (χ0n) is 8.57. The summed E-state index contributed by atoms with van der Waals surface area (Å²) in [4.78, 5) is 0. The van der Waals surface area contributed by atoms with Gasteiger partial charge >= 0.3 is 0 Å². The average Bonchev–Trinajstić information content (AvgIpc) is 2.18. The molecule has 0 atom stereocenters. The summed E-state index contributed by atoms with van der Waals surface area (Å²) >= 11 is 0. The van der Waals surface area contributed by atoms with Crippen molar-refractivity contribution in [2.45, 2.75) is 32.1 Å². The van der Waals surface area contributed by atoms with Crippen LogP contribution in [0, 0.1) is 5.92 Å². The van der Waals surface area contributed by atoms with Crippen molar-refractivity contribution >= 4 is 0 Å². The van der Waals surface area contributed by atoms with E-state index in [0.717, 1.165) is 32.0 Å². The molecular formula is C10H20F2N2. The number of piperidine rings is 1. The van der Waals surface area contributed by atoms with Crippen LogP contribution in [-0.4, -0.2) is 32.6 Å². The molecule has 14 heavy (non-hydrogen) atoms. The van der Waals surface area contributed by atoms with Crippen LogP contribution in [0.3, 0.4) is 0 Å². The van der Waals surface area contributed by atoms with Crippen LogP contribution in [0.25, 0.3) is 0 Å². The molecule has 0 saturated carbocycles. The maximum absolute atomic E-state index is 11.7. The van der Waals surface area contributed by atoms with E-state index >= 15 is 0 Å². The van der Waals surface area contributed by atoms with E-state index < -0.39 is 6.43 Å². The molecule has 2 nitrogen and oxygen atoms in total. The normalized spacial score (nSPS) is 19.1. The lowest BCUT2D eigenvalue weighted by Gasteiger charge is -2.22. The molecule has 0 aromatic carbocycles. The molecule has 0 bridgehead atoms. The van der Waals surface area contributed by atoms with E-state index in [0.29, 0.717) is 0 Å². The summed E-state index contributed by atoms with van der Waals surface area (Å²) < 4.78 is 23.5. The van der Waals surface area contributed by atoms with Gasteiger partial charge in [-0.05, 0) is 51.2 Å². The minimum atomic E-state index is -2.21. The third-order valence-corrected chi connectivity index (χ3v) is 2.72. The predicted molar refractivity (Wildman–Crippen MR) is 53.7 cm³/mol. The van der Waals surface area contributed by atoms with Crippen molar-refractivity contribution in [3.8, 4) is 0 Å². The molecular weight excluding hydrogens is 186 g/mol. The van der Waals surface area contributed by atoms with Gasteiger partial charge in [0.2, 0.25) is 0 Å². The van der Waals surface area contributed by atoms with Crippen LogP contribution in [0.5, 0.6) is 0 Å². The van der Waals surface area contributed by atoms with Gasteiger partial charge in [-0.2, -0.15) is 0 Å². The molecule has 1 saturated heterocycles. The molecule has 0 aromatic rings. The Balaban J connectivity index is 1.87. The van der Waals surface area contributed by atoms with Gasteiger partial charge in [0.05, 0.1) is 6.54 Å². The fraction of sp³-hybridized carbons (Fsp3) is 1.00. The second-order valence-electron chi connectivity index (χ2n) is 3.93. The lowest BCUT2D eigenvalue weighted by atomic mass is 9.93. The second kappa shape index (κ2) is 7.12. The van der Waals surface area contributed by atoms with E-state index in [1.807, 2.05) is 0 Å². The van der Waals surface area contributed by atoms with Gasteiger partial charge in [0, 0.05) is 0 Å². The van der Waals surface area contributed by atoms with E-state index in [9.17, 15) is 8.78 Å². The predicted octanol–water partition coefficient (Wildman–Crippen LogP) is 1.62. The highest BCUT2D eigenvalue weighted by molar-refractivity contribution is 4.68. The van der Waals surface area contributed by atoms with Gasteiger partial charge in [-0.3, -0.25) is 0 Å². The number of hydrogen-bond donors (Lipinski definition) is 2. The molecule has 84 valence electrons. The van der Waals surface area contributed by atoms with E-state index in [1.54, 1.807) is 0 Å². The van der Waals surface area contributed by atoms with Crippen LogP contribution in [0.2, 0.25) is 0 Å². The molecule has 0 aromatic heterocycles. The van der Waals surface area contributed by atoms with E-state index in [-0.39, 0.29) is 6.54 Å². The first-order valence-corrected chi connectivity index (χ1v) is 5.48. The third-order valence-electron chi connectivity index (χ3n) is 2.72. The van der Waals surface area contributed by atoms with E-state index in [1.165, 1.54) is 19.3 Å². The highest BCUT2D eigenvalue weighted by Crippen LogP contribution is 2.16. The first-order chi connectivity index (χ1) is 6.79. The summed E-state index contributed by atoms with van der Waals surface area (Å²) in [5, 5.41) is 6.08. The molecule has 1 heterocycles. The van der Waals surface area contributed by atoms with Gasteiger partial charge in [-0.1, -0.05) is 0 Å². The van der Waals surface area contributed by atoms with Crippen LogP contribution in [0.4, 0.5) is 8.78 Å². The molecule has 0 unspecified atom stereocenters. The molecule has 1 aliphatic rings. The molecule has 1 fully saturated rings. The highest BCUT2D eigenvalue weighted by atomic mass is 19.3. The maximum atomic E-state index is 11.7. The Labute approximate surface area is 84.4 Å². The summed E-state index contributed by atoms with van der Waals surface area (Å²) in [6, 6.07) is 0. The van der Waals surface area contributed by atoms with Gasteiger partial charge < -0.3 is 10.6 Å². The van der Waals surface area contributed by atoms with Crippen LogP contribution < -0.4 is 10.6 Å². The molecule has 1 aliphatic heterocycles. The van der Waals surface area contributed by atoms with Crippen molar-refractivity contribution in [3.05, 3.63) is 0 Å². The summed E-state index contributed by atoms with van der Waals surface area (Å²) in [7, 11) is 0. The summed E-state index contributed by atoms with van der Waals surface area (Å²) in [6.45, 7) is 2.81. The monoisotopic (exact) mass is 206 g/mol. The molecule has 0 aliphatic carbocycles. The standard InChI is InChI=1S/C10H20F2N2/c11-10(12)8-14-5-1-2-9-3-6-13-7-4-9/h9-10,13-14H,1-8H2. The van der Waals surface area contributed by atoms with Crippen LogP contribution >= 0.6 is 0 Å². The summed E-state index contributed by atoms with van der Waals surface area (Å²) in [5.74, 6) is 0.810. The number of alkyl halides is 2. The molecule has 0 amide bonds. The quantitative estimate of drug-likeness (QED) is 0.645. The van der Waals surface area contributed by atoms with E-state index in [4.69, 9.17) is 0 Å². The first kappa shape index (κ1) is 11.9. The SMILES string of the molecule is FC(F)CNCCCC1CCNCC1. The largest absolute Gasteiger partial charge is 0.317 e. The van der Waals surface area contributed by atoms with Crippen molar-refractivity contribution in [1.82, 2.24) is 10.6 Å². The van der Waals surface area contributed by atoms with Crippen molar-refractivity contribution in [3.63, 3.8) is 0 Å². The van der Waals surface area contributed by atoms with Crippen LogP contribution in [-0.2, 0) is 0 Å². The van der Waals surface area contributed by atoms with Gasteiger partial charge in [0.15, 0.2) is 0 Å². The first-order valence-electron chi connectivity index (χ1n) is 5.48. The highest BCUT2D eigenvalue weighted by Gasteiger charge is 2.11. The summed E-state index contributed by atoms with van der Waals surface area (Å²) in [6.07, 6.45) is 2.48. The fourth-order valence-corrected chi connectivity index (χ4v) is 1.90. The molecule has 2 N–H and O–H groups in total. The Morgan fingerprint density at radius 3 is 2.64 bits per heavy atom. The number of nitrogens with one attached hydrogen (secondary N) is 2. The Morgan fingerprint density at radius 2 is 2.00 bits per heavy atom.